The summed E-state index contributed by atoms with van der Waals surface area (Å²) in [5.41, 5.74) is -0.159. The van der Waals surface area contributed by atoms with E-state index in [0.29, 0.717) is 4.62 Å². The summed E-state index contributed by atoms with van der Waals surface area (Å²) >= 11 is -0.500. The first-order chi connectivity index (χ1) is 6.63. The zero-order valence-electron chi connectivity index (χ0n) is 10.7. The number of rotatable bonds is 5. The van der Waals surface area contributed by atoms with Gasteiger partial charge in [0.2, 0.25) is 0 Å². The quantitative estimate of drug-likeness (QED) is 0.574. The third-order valence-corrected chi connectivity index (χ3v) is 5.59. The first-order valence-corrected chi connectivity index (χ1v) is 11.2. The molecule has 0 saturated carbocycles. The Hall–Kier alpha value is -0.0303. The van der Waals surface area contributed by atoms with Crippen LogP contribution in [0.1, 0.15) is 20.8 Å². The standard InChI is InChI=1S/C11H22GeO2Si/c1-11(2,3)10(13)12-8-7-9-14-15(4,5)6/h7,9H,8H2,1-6H3/b9-7-. The van der Waals surface area contributed by atoms with Gasteiger partial charge in [0.25, 0.3) is 0 Å². The molecule has 0 aliphatic heterocycles. The van der Waals surface area contributed by atoms with E-state index in [4.69, 9.17) is 4.43 Å². The fraction of sp³-hybridized carbons (Fsp3) is 0.727. The Morgan fingerprint density at radius 2 is 1.87 bits per heavy atom. The van der Waals surface area contributed by atoms with E-state index in [1.165, 1.54) is 0 Å². The monoisotopic (exact) mass is 288 g/mol. The van der Waals surface area contributed by atoms with Gasteiger partial charge in [-0.15, -0.1) is 0 Å². The minimum atomic E-state index is -1.43. The molecule has 0 bridgehead atoms. The fourth-order valence-electron chi connectivity index (χ4n) is 0.717. The van der Waals surface area contributed by atoms with Gasteiger partial charge in [0, 0.05) is 0 Å². The van der Waals surface area contributed by atoms with Crippen molar-refractivity contribution in [3.05, 3.63) is 12.3 Å². The van der Waals surface area contributed by atoms with Crippen LogP contribution in [0.15, 0.2) is 12.3 Å². The van der Waals surface area contributed by atoms with Gasteiger partial charge in [-0.05, 0) is 0 Å². The van der Waals surface area contributed by atoms with Crippen LogP contribution in [-0.2, 0) is 9.22 Å². The van der Waals surface area contributed by atoms with Gasteiger partial charge in [0.05, 0.1) is 0 Å². The molecular weight excluding hydrogens is 265 g/mol. The van der Waals surface area contributed by atoms with Crippen molar-refractivity contribution in [2.24, 2.45) is 5.41 Å². The predicted octanol–water partition coefficient (Wildman–Crippen LogP) is 3.05. The molecule has 0 amide bonds. The van der Waals surface area contributed by atoms with E-state index in [1.54, 1.807) is 6.26 Å². The first kappa shape index (κ1) is 15.0. The molecule has 0 heterocycles. The number of carbonyl (C=O) groups excluding carboxylic acids is 1. The molecule has 0 N–H and O–H groups in total. The minimum absolute atomic E-state index is 0.159. The summed E-state index contributed by atoms with van der Waals surface area (Å²) in [7, 11) is -1.43. The van der Waals surface area contributed by atoms with Gasteiger partial charge in [0.15, 0.2) is 0 Å². The van der Waals surface area contributed by atoms with Crippen LogP contribution in [0, 0.1) is 5.41 Å². The summed E-state index contributed by atoms with van der Waals surface area (Å²) in [4.78, 5) is 11.6. The van der Waals surface area contributed by atoms with Crippen LogP contribution in [0.4, 0.5) is 0 Å². The molecule has 0 aromatic rings. The maximum absolute atomic E-state index is 11.6. The van der Waals surface area contributed by atoms with Gasteiger partial charge in [-0.25, -0.2) is 0 Å². The number of hydrogen-bond acceptors (Lipinski definition) is 2. The van der Waals surface area contributed by atoms with Crippen LogP contribution in [0.5, 0.6) is 0 Å². The summed E-state index contributed by atoms with van der Waals surface area (Å²) in [6.45, 7) is 12.4. The molecule has 0 aromatic heterocycles. The van der Waals surface area contributed by atoms with Crippen LogP contribution in [0.3, 0.4) is 0 Å². The Bertz CT molecular complexity index is 236. The molecule has 2 nitrogen and oxygen atoms in total. The van der Waals surface area contributed by atoms with Gasteiger partial charge < -0.3 is 0 Å². The number of allylic oxidation sites excluding steroid dienone is 1. The molecule has 0 aromatic carbocycles. The summed E-state index contributed by atoms with van der Waals surface area (Å²) < 4.78 is 5.99. The van der Waals surface area contributed by atoms with Gasteiger partial charge in [0.1, 0.15) is 0 Å². The number of hydrogen-bond donors (Lipinski definition) is 0. The van der Waals surface area contributed by atoms with Crippen molar-refractivity contribution in [2.45, 2.75) is 45.7 Å². The maximum atomic E-state index is 11.6. The van der Waals surface area contributed by atoms with Crippen LogP contribution >= 0.6 is 0 Å². The molecule has 86 valence electrons. The molecule has 0 unspecified atom stereocenters. The third kappa shape index (κ3) is 8.93. The van der Waals surface area contributed by atoms with E-state index < -0.39 is 23.7 Å². The molecule has 0 saturated heterocycles. The Morgan fingerprint density at radius 3 is 2.27 bits per heavy atom. The van der Waals surface area contributed by atoms with Crippen LogP contribution in [-0.4, -0.2) is 28.4 Å². The molecule has 15 heavy (non-hydrogen) atoms. The molecule has 0 spiro atoms. The van der Waals surface area contributed by atoms with E-state index in [-0.39, 0.29) is 5.41 Å². The second-order valence-electron chi connectivity index (χ2n) is 5.56. The molecular formula is C11H22GeO2Si. The Morgan fingerprint density at radius 1 is 1.33 bits per heavy atom. The molecule has 0 atom stereocenters. The second-order valence-corrected chi connectivity index (χ2v) is 12.6. The van der Waals surface area contributed by atoms with E-state index >= 15 is 0 Å². The normalized spacial score (nSPS) is 13.2. The van der Waals surface area contributed by atoms with Crippen molar-refractivity contribution in [3.8, 4) is 0 Å². The second kappa shape index (κ2) is 5.89. The predicted molar refractivity (Wildman–Crippen MR) is 68.6 cm³/mol. The molecule has 0 fully saturated rings. The molecule has 2 radical (unpaired) electrons. The summed E-state index contributed by atoms with van der Waals surface area (Å²) in [5.74, 6) is 0. The van der Waals surface area contributed by atoms with Gasteiger partial charge in [-0.1, -0.05) is 0 Å². The first-order valence-electron chi connectivity index (χ1n) is 5.24. The summed E-state index contributed by atoms with van der Waals surface area (Å²) in [6.07, 6.45) is 3.79. The van der Waals surface area contributed by atoms with Gasteiger partial charge in [-0.3, -0.25) is 0 Å². The summed E-state index contributed by atoms with van der Waals surface area (Å²) in [6, 6.07) is 0. The van der Waals surface area contributed by atoms with Gasteiger partial charge >= 0.3 is 101 Å². The molecule has 4 heteroatoms. The molecule has 0 aliphatic carbocycles. The van der Waals surface area contributed by atoms with Crippen LogP contribution in [0.2, 0.25) is 24.9 Å². The van der Waals surface area contributed by atoms with Crippen molar-refractivity contribution in [1.82, 2.24) is 0 Å². The topological polar surface area (TPSA) is 26.3 Å². The SMILES string of the molecule is CC(C)(C)[C](=O)[Ge][CH2]/C=C\O[Si](C)(C)C. The van der Waals surface area contributed by atoms with E-state index in [1.807, 2.05) is 26.8 Å². The fourth-order valence-corrected chi connectivity index (χ4v) is 3.17. The Kier molecular flexibility index (Phi) is 5.88. The number of carbonyl (C=O) groups is 1. The van der Waals surface area contributed by atoms with Crippen molar-refractivity contribution in [2.75, 3.05) is 0 Å². The molecule has 0 aliphatic rings. The van der Waals surface area contributed by atoms with E-state index in [9.17, 15) is 4.79 Å². The third-order valence-electron chi connectivity index (χ3n) is 1.58. The average Bonchev–Trinajstić information content (AvgIpc) is 1.99. The Labute approximate surface area is 101 Å². The average molecular weight is 287 g/mol. The Balaban J connectivity index is 3.77. The van der Waals surface area contributed by atoms with Gasteiger partial charge in [-0.2, -0.15) is 0 Å². The van der Waals surface area contributed by atoms with Crippen LogP contribution < -0.4 is 0 Å². The van der Waals surface area contributed by atoms with Crippen LogP contribution in [0.25, 0.3) is 0 Å². The van der Waals surface area contributed by atoms with E-state index in [0.717, 1.165) is 5.25 Å². The van der Waals surface area contributed by atoms with Crippen molar-refractivity contribution >= 4 is 28.4 Å². The molecule has 0 rings (SSSR count). The van der Waals surface area contributed by atoms with Crippen molar-refractivity contribution in [3.63, 3.8) is 0 Å². The zero-order chi connectivity index (χ0) is 12.1. The van der Waals surface area contributed by atoms with Crippen molar-refractivity contribution < 1.29 is 9.22 Å². The van der Waals surface area contributed by atoms with Crippen molar-refractivity contribution in [1.29, 1.82) is 0 Å². The van der Waals surface area contributed by atoms with E-state index in [2.05, 4.69) is 19.6 Å². The summed E-state index contributed by atoms with van der Waals surface area (Å²) in [5, 5.41) is 0.903. The zero-order valence-corrected chi connectivity index (χ0v) is 13.8.